The average molecular weight is 395 g/mol. The van der Waals surface area contributed by atoms with E-state index in [0.717, 1.165) is 32.0 Å². The Kier molecular flexibility index (Phi) is 3.69. The van der Waals surface area contributed by atoms with Crippen LogP contribution in [0, 0.1) is 6.92 Å². The predicted octanol–water partition coefficient (Wildman–Crippen LogP) is 4.47. The lowest BCUT2D eigenvalue weighted by Crippen LogP contribution is -2.08. The Morgan fingerprint density at radius 2 is 1.96 bits per heavy atom. The van der Waals surface area contributed by atoms with E-state index < -0.39 is 0 Å². The Labute approximate surface area is 152 Å². The van der Waals surface area contributed by atoms with Crippen LogP contribution in [0.4, 0.5) is 17.2 Å². The summed E-state index contributed by atoms with van der Waals surface area (Å²) >= 11 is 3.46. The highest BCUT2D eigenvalue weighted by Gasteiger charge is 2.12. The van der Waals surface area contributed by atoms with Gasteiger partial charge in [0, 0.05) is 32.8 Å². The molecule has 0 aliphatic carbocycles. The molecule has 0 radical (unpaired) electrons. The first kappa shape index (κ1) is 15.7. The molecule has 4 N–H and O–H groups in total. The number of hydrogen-bond donors (Lipinski definition) is 3. The van der Waals surface area contributed by atoms with Crippen molar-refractivity contribution in [1.29, 1.82) is 0 Å². The van der Waals surface area contributed by atoms with Crippen LogP contribution >= 0.6 is 15.9 Å². The fourth-order valence-electron chi connectivity index (χ4n) is 2.93. The number of pyridine rings is 2. The van der Waals surface area contributed by atoms with Gasteiger partial charge >= 0.3 is 0 Å². The van der Waals surface area contributed by atoms with Gasteiger partial charge in [0.15, 0.2) is 0 Å². The van der Waals surface area contributed by atoms with E-state index in [1.807, 2.05) is 49.4 Å². The number of fused-ring (bicyclic) bond motifs is 3. The largest absolute Gasteiger partial charge is 0.399 e. The third-order valence-corrected chi connectivity index (χ3v) is 4.68. The van der Waals surface area contributed by atoms with E-state index >= 15 is 0 Å². The first-order chi connectivity index (χ1) is 12.0. The van der Waals surface area contributed by atoms with Crippen molar-refractivity contribution in [2.24, 2.45) is 0 Å². The summed E-state index contributed by atoms with van der Waals surface area (Å²) in [6.45, 7) is 1.99. The maximum atomic E-state index is 12.5. The van der Waals surface area contributed by atoms with Crippen LogP contribution in [0.1, 0.15) is 5.56 Å². The van der Waals surface area contributed by atoms with Gasteiger partial charge in [0.2, 0.25) is 0 Å². The molecule has 4 rings (SSSR count). The molecule has 6 heteroatoms. The van der Waals surface area contributed by atoms with E-state index in [1.54, 1.807) is 6.20 Å². The van der Waals surface area contributed by atoms with Gasteiger partial charge in [-0.2, -0.15) is 0 Å². The molecule has 0 fully saturated rings. The minimum atomic E-state index is -0.143. The summed E-state index contributed by atoms with van der Waals surface area (Å²) in [6.07, 6.45) is 1.63. The smallest absolute Gasteiger partial charge is 0.256 e. The minimum Gasteiger partial charge on any atom is -0.399 e. The van der Waals surface area contributed by atoms with Gasteiger partial charge < -0.3 is 16.0 Å². The number of aromatic nitrogens is 2. The lowest BCUT2D eigenvalue weighted by atomic mass is 10.1. The van der Waals surface area contributed by atoms with Crippen molar-refractivity contribution in [3.63, 3.8) is 0 Å². The molecule has 0 atom stereocenters. The van der Waals surface area contributed by atoms with Crippen LogP contribution in [0.3, 0.4) is 0 Å². The molecular formula is C19H15BrN4O. The zero-order valence-electron chi connectivity index (χ0n) is 13.4. The van der Waals surface area contributed by atoms with Crippen LogP contribution in [0.15, 0.2) is 57.9 Å². The second-order valence-electron chi connectivity index (χ2n) is 5.92. The van der Waals surface area contributed by atoms with Gasteiger partial charge in [-0.3, -0.25) is 4.79 Å². The zero-order valence-corrected chi connectivity index (χ0v) is 15.0. The molecule has 0 aliphatic rings. The third kappa shape index (κ3) is 2.74. The van der Waals surface area contributed by atoms with Gasteiger partial charge in [0.1, 0.15) is 5.82 Å². The molecular weight excluding hydrogens is 380 g/mol. The van der Waals surface area contributed by atoms with E-state index in [0.29, 0.717) is 16.9 Å². The number of aryl methyl sites for hydroxylation is 1. The Bertz CT molecular complexity index is 1180. The van der Waals surface area contributed by atoms with Crippen LogP contribution < -0.4 is 16.6 Å². The topological polar surface area (TPSA) is 83.8 Å². The molecule has 4 aromatic rings. The quantitative estimate of drug-likeness (QED) is 0.345. The Morgan fingerprint density at radius 3 is 2.80 bits per heavy atom. The maximum absolute atomic E-state index is 12.5. The van der Waals surface area contributed by atoms with Crippen molar-refractivity contribution in [3.8, 4) is 0 Å². The SMILES string of the molecule is Cc1ccc(N)cc1Nc1nc2ccc(Br)cc2c2c(=O)[nH]ccc12. The van der Waals surface area contributed by atoms with E-state index in [4.69, 9.17) is 10.7 Å². The standard InChI is InChI=1S/C19H15BrN4O/c1-10-2-4-12(21)9-16(10)24-18-13-6-7-22-19(25)17(13)14-8-11(20)3-5-15(14)23-18/h2-9H,21H2,1H3,(H,22,25)(H,23,24). The van der Waals surface area contributed by atoms with Crippen LogP contribution in [-0.2, 0) is 0 Å². The molecule has 25 heavy (non-hydrogen) atoms. The van der Waals surface area contributed by atoms with Gasteiger partial charge in [-0.25, -0.2) is 4.98 Å². The molecule has 2 aromatic heterocycles. The molecule has 5 nitrogen and oxygen atoms in total. The minimum absolute atomic E-state index is 0.143. The van der Waals surface area contributed by atoms with Crippen molar-refractivity contribution in [2.45, 2.75) is 6.92 Å². The van der Waals surface area contributed by atoms with E-state index in [2.05, 4.69) is 26.2 Å². The second-order valence-corrected chi connectivity index (χ2v) is 6.83. The van der Waals surface area contributed by atoms with Gasteiger partial charge in [-0.05, 0) is 48.9 Å². The molecule has 0 unspecified atom stereocenters. The van der Waals surface area contributed by atoms with E-state index in [9.17, 15) is 4.79 Å². The third-order valence-electron chi connectivity index (χ3n) is 4.19. The first-order valence-corrected chi connectivity index (χ1v) is 8.56. The number of nitrogens with zero attached hydrogens (tertiary/aromatic N) is 1. The van der Waals surface area contributed by atoms with Crippen molar-refractivity contribution < 1.29 is 0 Å². The highest BCUT2D eigenvalue weighted by molar-refractivity contribution is 9.10. The molecule has 0 amide bonds. The van der Waals surface area contributed by atoms with Crippen molar-refractivity contribution in [1.82, 2.24) is 9.97 Å². The Hall–Kier alpha value is -2.86. The summed E-state index contributed by atoms with van der Waals surface area (Å²) in [4.78, 5) is 20.0. The maximum Gasteiger partial charge on any atom is 0.256 e. The summed E-state index contributed by atoms with van der Waals surface area (Å²) in [7, 11) is 0. The number of benzene rings is 2. The van der Waals surface area contributed by atoms with E-state index in [-0.39, 0.29) is 5.56 Å². The number of aromatic amines is 1. The fraction of sp³-hybridized carbons (Fsp3) is 0.0526. The van der Waals surface area contributed by atoms with Crippen LogP contribution in [0.25, 0.3) is 21.7 Å². The summed E-state index contributed by atoms with van der Waals surface area (Å²) in [5.74, 6) is 0.629. The number of halogens is 1. The number of H-pyrrole nitrogens is 1. The normalized spacial score (nSPS) is 11.1. The van der Waals surface area contributed by atoms with Crippen molar-refractivity contribution in [2.75, 3.05) is 11.1 Å². The predicted molar refractivity (Wildman–Crippen MR) is 106 cm³/mol. The van der Waals surface area contributed by atoms with Crippen LogP contribution in [0.5, 0.6) is 0 Å². The van der Waals surface area contributed by atoms with Crippen molar-refractivity contribution in [3.05, 3.63) is 69.1 Å². The molecule has 0 aliphatic heterocycles. The number of nitrogens with two attached hydrogens (primary N) is 1. The molecule has 0 saturated heterocycles. The summed E-state index contributed by atoms with van der Waals surface area (Å²) in [6, 6.07) is 13.2. The Balaban J connectivity index is 2.03. The lowest BCUT2D eigenvalue weighted by Gasteiger charge is -2.13. The number of rotatable bonds is 2. The van der Waals surface area contributed by atoms with Crippen LogP contribution in [0.2, 0.25) is 0 Å². The molecule has 2 aromatic carbocycles. The average Bonchev–Trinajstić information content (AvgIpc) is 2.59. The highest BCUT2D eigenvalue weighted by Crippen LogP contribution is 2.31. The molecule has 0 bridgehead atoms. The molecule has 0 spiro atoms. The highest BCUT2D eigenvalue weighted by atomic mass is 79.9. The molecule has 2 heterocycles. The van der Waals surface area contributed by atoms with Gasteiger partial charge in [-0.15, -0.1) is 0 Å². The molecule has 0 saturated carbocycles. The molecule has 124 valence electrons. The van der Waals surface area contributed by atoms with Crippen LogP contribution in [-0.4, -0.2) is 9.97 Å². The first-order valence-electron chi connectivity index (χ1n) is 7.77. The summed E-state index contributed by atoms with van der Waals surface area (Å²) in [5.41, 5.74) is 9.09. The number of anilines is 3. The zero-order chi connectivity index (χ0) is 17.6. The summed E-state index contributed by atoms with van der Waals surface area (Å²) < 4.78 is 0.902. The lowest BCUT2D eigenvalue weighted by molar-refractivity contribution is 1.27. The van der Waals surface area contributed by atoms with Gasteiger partial charge in [0.25, 0.3) is 5.56 Å². The van der Waals surface area contributed by atoms with Gasteiger partial charge in [-0.1, -0.05) is 22.0 Å². The number of hydrogen-bond acceptors (Lipinski definition) is 4. The van der Waals surface area contributed by atoms with Crippen molar-refractivity contribution >= 4 is 54.8 Å². The Morgan fingerprint density at radius 1 is 1.12 bits per heavy atom. The fourth-order valence-corrected chi connectivity index (χ4v) is 3.29. The number of nitrogen functional groups attached to an aromatic ring is 1. The van der Waals surface area contributed by atoms with Gasteiger partial charge in [0.05, 0.1) is 10.9 Å². The summed E-state index contributed by atoms with van der Waals surface area (Å²) in [5, 5.41) is 5.51. The number of nitrogens with one attached hydrogen (secondary N) is 2. The van der Waals surface area contributed by atoms with E-state index in [1.165, 1.54) is 0 Å². The monoisotopic (exact) mass is 394 g/mol. The second kappa shape index (κ2) is 5.89.